The average Bonchev–Trinajstić information content (AvgIpc) is 2.86. The van der Waals surface area contributed by atoms with Crippen LogP contribution in [0.2, 0.25) is 5.02 Å². The lowest BCUT2D eigenvalue weighted by atomic mass is 10.1. The van der Waals surface area contributed by atoms with Gasteiger partial charge in [0.25, 0.3) is 5.91 Å². The van der Waals surface area contributed by atoms with E-state index >= 15 is 0 Å². The van der Waals surface area contributed by atoms with Gasteiger partial charge in [0.15, 0.2) is 0 Å². The fourth-order valence-electron chi connectivity index (χ4n) is 2.01. The molecule has 2 N–H and O–H groups in total. The first-order valence-electron chi connectivity index (χ1n) is 7.08. The van der Waals surface area contributed by atoms with Gasteiger partial charge in [-0.1, -0.05) is 43.6 Å². The van der Waals surface area contributed by atoms with Gasteiger partial charge < -0.3 is 10.4 Å². The number of hydrogen-bond donors (Lipinski definition) is 2. The molecule has 1 amide bonds. The molecule has 0 aliphatic rings. The molecule has 1 atom stereocenters. The number of halogens is 1. The van der Waals surface area contributed by atoms with Gasteiger partial charge in [0.1, 0.15) is 9.88 Å². The normalized spacial score (nSPS) is 12.5. The molecule has 0 radical (unpaired) electrons. The van der Waals surface area contributed by atoms with Gasteiger partial charge in [-0.3, -0.25) is 4.79 Å². The average molecular weight is 339 g/mol. The minimum Gasteiger partial charge on any atom is -0.394 e. The minimum atomic E-state index is -0.266. The molecular formula is C16H19ClN2O2S. The third kappa shape index (κ3) is 3.66. The minimum absolute atomic E-state index is 0.0847. The molecular weight excluding hydrogens is 320 g/mol. The van der Waals surface area contributed by atoms with Crippen LogP contribution in [-0.2, 0) is 0 Å². The predicted octanol–water partition coefficient (Wildman–Crippen LogP) is 3.52. The van der Waals surface area contributed by atoms with Crippen LogP contribution in [0.15, 0.2) is 24.3 Å². The van der Waals surface area contributed by atoms with Crippen LogP contribution in [0.25, 0.3) is 10.6 Å². The highest BCUT2D eigenvalue weighted by atomic mass is 35.5. The monoisotopic (exact) mass is 338 g/mol. The van der Waals surface area contributed by atoms with Crippen molar-refractivity contribution in [2.45, 2.75) is 26.8 Å². The first-order chi connectivity index (χ1) is 10.4. The number of aliphatic hydroxyl groups excluding tert-OH is 1. The number of aromatic nitrogens is 1. The first kappa shape index (κ1) is 16.9. The van der Waals surface area contributed by atoms with Gasteiger partial charge in [0.05, 0.1) is 23.4 Å². The van der Waals surface area contributed by atoms with Crippen molar-refractivity contribution in [3.63, 3.8) is 0 Å². The molecule has 0 unspecified atom stereocenters. The molecule has 2 aromatic rings. The van der Waals surface area contributed by atoms with Crippen LogP contribution in [0.4, 0.5) is 0 Å². The Balaban J connectivity index is 2.27. The Morgan fingerprint density at radius 3 is 2.68 bits per heavy atom. The van der Waals surface area contributed by atoms with Gasteiger partial charge in [-0.15, -0.1) is 11.3 Å². The Kier molecular flexibility index (Phi) is 5.56. The maximum absolute atomic E-state index is 12.4. The van der Waals surface area contributed by atoms with E-state index in [1.165, 1.54) is 11.3 Å². The summed E-state index contributed by atoms with van der Waals surface area (Å²) in [5.74, 6) is -0.0498. The molecule has 1 heterocycles. The topological polar surface area (TPSA) is 62.2 Å². The standard InChI is InChI=1S/C16H19ClN2O2S/c1-9(2)13(8-20)19-15(21)14-10(3)18-16(22-14)11-6-4-5-7-12(11)17/h4-7,9,13,20H,8H2,1-3H3,(H,19,21)/t13-/m1/s1. The number of hydrogen-bond acceptors (Lipinski definition) is 4. The molecule has 0 bridgehead atoms. The summed E-state index contributed by atoms with van der Waals surface area (Å²) in [4.78, 5) is 17.4. The summed E-state index contributed by atoms with van der Waals surface area (Å²) in [5.41, 5.74) is 1.48. The number of aliphatic hydroxyl groups is 1. The van der Waals surface area contributed by atoms with Gasteiger partial charge >= 0.3 is 0 Å². The lowest BCUT2D eigenvalue weighted by Crippen LogP contribution is -2.41. The zero-order valence-electron chi connectivity index (χ0n) is 12.8. The van der Waals surface area contributed by atoms with E-state index in [-0.39, 0.29) is 24.5 Å². The molecule has 1 aromatic carbocycles. The van der Waals surface area contributed by atoms with E-state index in [2.05, 4.69) is 10.3 Å². The van der Waals surface area contributed by atoms with Crippen LogP contribution in [0.5, 0.6) is 0 Å². The van der Waals surface area contributed by atoms with Crippen molar-refractivity contribution in [3.8, 4) is 10.6 Å². The predicted molar refractivity (Wildman–Crippen MR) is 90.5 cm³/mol. The van der Waals surface area contributed by atoms with E-state index in [1.807, 2.05) is 32.0 Å². The number of nitrogens with one attached hydrogen (secondary N) is 1. The van der Waals surface area contributed by atoms with E-state index in [1.54, 1.807) is 13.0 Å². The van der Waals surface area contributed by atoms with Crippen LogP contribution in [0.3, 0.4) is 0 Å². The number of carbonyl (C=O) groups excluding carboxylic acids is 1. The van der Waals surface area contributed by atoms with E-state index in [4.69, 9.17) is 11.6 Å². The Labute approximate surface area is 139 Å². The first-order valence-corrected chi connectivity index (χ1v) is 8.27. The van der Waals surface area contributed by atoms with Gasteiger partial charge in [-0.25, -0.2) is 4.98 Å². The third-order valence-electron chi connectivity index (χ3n) is 3.43. The van der Waals surface area contributed by atoms with Crippen molar-refractivity contribution in [2.24, 2.45) is 5.92 Å². The second-order valence-electron chi connectivity index (χ2n) is 5.42. The summed E-state index contributed by atoms with van der Waals surface area (Å²) < 4.78 is 0. The molecule has 118 valence electrons. The quantitative estimate of drug-likeness (QED) is 0.876. The van der Waals surface area contributed by atoms with E-state index < -0.39 is 0 Å². The smallest absolute Gasteiger partial charge is 0.263 e. The van der Waals surface area contributed by atoms with Crippen molar-refractivity contribution in [3.05, 3.63) is 39.9 Å². The molecule has 0 aliphatic heterocycles. The van der Waals surface area contributed by atoms with Gasteiger partial charge in [0, 0.05) is 5.56 Å². The Morgan fingerprint density at radius 1 is 1.41 bits per heavy atom. The highest BCUT2D eigenvalue weighted by molar-refractivity contribution is 7.17. The number of amides is 1. The summed E-state index contributed by atoms with van der Waals surface area (Å²) in [6, 6.07) is 7.16. The molecule has 1 aromatic heterocycles. The van der Waals surface area contributed by atoms with Crippen molar-refractivity contribution in [2.75, 3.05) is 6.61 Å². The van der Waals surface area contributed by atoms with E-state index in [0.29, 0.717) is 15.6 Å². The zero-order chi connectivity index (χ0) is 16.3. The van der Waals surface area contributed by atoms with Crippen LogP contribution in [0.1, 0.15) is 29.2 Å². The molecule has 0 saturated heterocycles. The SMILES string of the molecule is Cc1nc(-c2ccccc2Cl)sc1C(=O)N[C@H](CO)C(C)C. The Hall–Kier alpha value is -1.43. The van der Waals surface area contributed by atoms with Crippen molar-refractivity contribution in [1.82, 2.24) is 10.3 Å². The Morgan fingerprint density at radius 2 is 2.09 bits per heavy atom. The van der Waals surface area contributed by atoms with Crippen LogP contribution < -0.4 is 5.32 Å². The van der Waals surface area contributed by atoms with Crippen LogP contribution >= 0.6 is 22.9 Å². The van der Waals surface area contributed by atoms with Crippen LogP contribution in [0, 0.1) is 12.8 Å². The lowest BCUT2D eigenvalue weighted by Gasteiger charge is -2.19. The maximum atomic E-state index is 12.4. The van der Waals surface area contributed by atoms with E-state index in [0.717, 1.165) is 10.6 Å². The lowest BCUT2D eigenvalue weighted by molar-refractivity contribution is 0.0900. The van der Waals surface area contributed by atoms with Crippen molar-refractivity contribution >= 4 is 28.8 Å². The Bertz CT molecular complexity index is 670. The molecule has 2 rings (SSSR count). The van der Waals surface area contributed by atoms with Gasteiger partial charge in [-0.2, -0.15) is 0 Å². The summed E-state index contributed by atoms with van der Waals surface area (Å²) in [5, 5.41) is 13.5. The number of benzene rings is 1. The fourth-order valence-corrected chi connectivity index (χ4v) is 3.30. The molecule has 22 heavy (non-hydrogen) atoms. The van der Waals surface area contributed by atoms with E-state index in [9.17, 15) is 9.90 Å². The fraction of sp³-hybridized carbons (Fsp3) is 0.375. The van der Waals surface area contributed by atoms with Gasteiger partial charge in [-0.05, 0) is 18.9 Å². The highest BCUT2D eigenvalue weighted by Crippen LogP contribution is 2.32. The zero-order valence-corrected chi connectivity index (χ0v) is 14.3. The highest BCUT2D eigenvalue weighted by Gasteiger charge is 2.21. The molecule has 0 saturated carbocycles. The van der Waals surface area contributed by atoms with Crippen LogP contribution in [-0.4, -0.2) is 28.6 Å². The number of carbonyl (C=O) groups is 1. The number of aryl methyl sites for hydroxylation is 1. The van der Waals surface area contributed by atoms with Crippen molar-refractivity contribution in [1.29, 1.82) is 0 Å². The molecule has 6 heteroatoms. The number of thiazole rings is 1. The number of rotatable bonds is 5. The van der Waals surface area contributed by atoms with Gasteiger partial charge in [0.2, 0.25) is 0 Å². The molecule has 4 nitrogen and oxygen atoms in total. The second-order valence-corrected chi connectivity index (χ2v) is 6.83. The number of nitrogens with zero attached hydrogens (tertiary/aromatic N) is 1. The molecule has 0 spiro atoms. The summed E-state index contributed by atoms with van der Waals surface area (Å²) in [7, 11) is 0. The molecule has 0 aliphatic carbocycles. The summed E-state index contributed by atoms with van der Waals surface area (Å²) in [6.45, 7) is 5.62. The summed E-state index contributed by atoms with van der Waals surface area (Å²) >= 11 is 7.49. The maximum Gasteiger partial charge on any atom is 0.263 e. The third-order valence-corrected chi connectivity index (χ3v) is 4.94. The molecule has 0 fully saturated rings. The second kappa shape index (κ2) is 7.22. The largest absolute Gasteiger partial charge is 0.394 e. The van der Waals surface area contributed by atoms with Crippen molar-refractivity contribution < 1.29 is 9.90 Å². The summed E-state index contributed by atoms with van der Waals surface area (Å²) in [6.07, 6.45) is 0.